The number of rotatable bonds is 8. The smallest absolute Gasteiger partial charge is 0.0481 e. The van der Waals surface area contributed by atoms with Gasteiger partial charge in [0.15, 0.2) is 0 Å². The van der Waals surface area contributed by atoms with Crippen molar-refractivity contribution in [3.8, 4) is 0 Å². The van der Waals surface area contributed by atoms with Crippen molar-refractivity contribution in [2.75, 3.05) is 19.8 Å². The molecule has 0 aromatic rings. The van der Waals surface area contributed by atoms with Gasteiger partial charge in [0.1, 0.15) is 0 Å². The van der Waals surface area contributed by atoms with Gasteiger partial charge in [-0.1, -0.05) is 19.3 Å². The quantitative estimate of drug-likeness (QED) is 0.473. The Morgan fingerprint density at radius 2 is 1.33 bits per heavy atom. The fraction of sp³-hybridized carbons (Fsp3) is 1.00. The van der Waals surface area contributed by atoms with Crippen LogP contribution in [0.4, 0.5) is 0 Å². The van der Waals surface area contributed by atoms with Crippen LogP contribution in [0.2, 0.25) is 0 Å². The highest BCUT2D eigenvalue weighted by Gasteiger charge is 2.04. The summed E-state index contributed by atoms with van der Waals surface area (Å²) in [5.41, 5.74) is 0. The van der Waals surface area contributed by atoms with Crippen LogP contribution in [0.3, 0.4) is 0 Å². The van der Waals surface area contributed by atoms with Gasteiger partial charge >= 0.3 is 0 Å². The van der Waals surface area contributed by atoms with Crippen LogP contribution in [0.15, 0.2) is 0 Å². The molecule has 3 heteroatoms. The Morgan fingerprint density at radius 3 is 1.83 bits per heavy atom. The Balaban J connectivity index is 3.06. The van der Waals surface area contributed by atoms with Gasteiger partial charge in [-0.15, -0.1) is 0 Å². The van der Waals surface area contributed by atoms with Crippen LogP contribution in [0, 0.1) is 5.92 Å². The van der Waals surface area contributed by atoms with Gasteiger partial charge in [0.2, 0.25) is 0 Å². The van der Waals surface area contributed by atoms with Crippen LogP contribution in [-0.2, 0) is 0 Å². The van der Waals surface area contributed by atoms with Crippen LogP contribution >= 0.6 is 0 Å². The molecular formula is C9H20O3. The van der Waals surface area contributed by atoms with Gasteiger partial charge in [0.05, 0.1) is 0 Å². The van der Waals surface area contributed by atoms with Gasteiger partial charge in [-0.3, -0.25) is 0 Å². The van der Waals surface area contributed by atoms with E-state index in [1.807, 2.05) is 0 Å². The van der Waals surface area contributed by atoms with Crippen molar-refractivity contribution in [2.45, 2.75) is 32.1 Å². The average molecular weight is 176 g/mol. The lowest BCUT2D eigenvalue weighted by atomic mass is 10.0. The molecule has 0 rings (SSSR count). The predicted molar refractivity (Wildman–Crippen MR) is 47.8 cm³/mol. The molecule has 0 aromatic carbocycles. The Labute approximate surface area is 74.0 Å². The second kappa shape index (κ2) is 8.97. The first-order chi connectivity index (χ1) is 5.85. The molecule has 3 nitrogen and oxygen atoms in total. The molecule has 0 bridgehead atoms. The maximum absolute atomic E-state index is 8.73. The van der Waals surface area contributed by atoms with E-state index in [2.05, 4.69) is 0 Å². The maximum atomic E-state index is 8.73. The molecule has 0 amide bonds. The summed E-state index contributed by atoms with van der Waals surface area (Å²) in [4.78, 5) is 0. The van der Waals surface area contributed by atoms with Gasteiger partial charge in [0.25, 0.3) is 0 Å². The van der Waals surface area contributed by atoms with Gasteiger partial charge in [-0.25, -0.2) is 0 Å². The lowest BCUT2D eigenvalue weighted by molar-refractivity contribution is 0.141. The number of hydrogen-bond donors (Lipinski definition) is 3. The van der Waals surface area contributed by atoms with Crippen LogP contribution in [0.1, 0.15) is 32.1 Å². The van der Waals surface area contributed by atoms with Crippen molar-refractivity contribution in [1.29, 1.82) is 0 Å². The number of hydrogen-bond acceptors (Lipinski definition) is 3. The molecule has 0 aliphatic heterocycles. The van der Waals surface area contributed by atoms with Crippen molar-refractivity contribution >= 4 is 0 Å². The molecule has 0 unspecified atom stereocenters. The van der Waals surface area contributed by atoms with Crippen LogP contribution in [0.25, 0.3) is 0 Å². The van der Waals surface area contributed by atoms with Crippen molar-refractivity contribution in [1.82, 2.24) is 0 Å². The summed E-state index contributed by atoms with van der Waals surface area (Å²) in [6.07, 6.45) is 4.91. The second-order valence-electron chi connectivity index (χ2n) is 3.16. The molecular weight excluding hydrogens is 156 g/mol. The first kappa shape index (κ1) is 11.9. The predicted octanol–water partition coefficient (Wildman–Crippen LogP) is 0.530. The molecule has 0 aliphatic carbocycles. The van der Waals surface area contributed by atoms with Crippen molar-refractivity contribution in [3.63, 3.8) is 0 Å². The molecule has 0 spiro atoms. The van der Waals surface area contributed by atoms with E-state index in [0.717, 1.165) is 32.1 Å². The minimum Gasteiger partial charge on any atom is -0.396 e. The van der Waals surface area contributed by atoms with E-state index in [4.69, 9.17) is 15.3 Å². The van der Waals surface area contributed by atoms with E-state index < -0.39 is 0 Å². The minimum absolute atomic E-state index is 0.0547. The van der Waals surface area contributed by atoms with E-state index >= 15 is 0 Å². The average Bonchev–Trinajstić information content (AvgIpc) is 2.11. The Bertz CT molecular complexity index is 81.8. The summed E-state index contributed by atoms with van der Waals surface area (Å²) in [7, 11) is 0. The summed E-state index contributed by atoms with van der Waals surface area (Å²) in [5, 5.41) is 25.9. The number of aliphatic hydroxyl groups excluding tert-OH is 3. The summed E-state index contributed by atoms with van der Waals surface area (Å²) in [5.74, 6) is 0.0547. The van der Waals surface area contributed by atoms with E-state index in [1.165, 1.54) is 0 Å². The molecule has 12 heavy (non-hydrogen) atoms. The third-order valence-electron chi connectivity index (χ3n) is 2.04. The van der Waals surface area contributed by atoms with Crippen LogP contribution in [-0.4, -0.2) is 35.1 Å². The Morgan fingerprint density at radius 1 is 0.750 bits per heavy atom. The third kappa shape index (κ3) is 6.58. The molecule has 0 radical (unpaired) electrons. The van der Waals surface area contributed by atoms with E-state index in [-0.39, 0.29) is 25.7 Å². The monoisotopic (exact) mass is 176 g/mol. The second-order valence-corrected chi connectivity index (χ2v) is 3.16. The van der Waals surface area contributed by atoms with Crippen molar-refractivity contribution in [2.24, 2.45) is 5.92 Å². The molecule has 0 fully saturated rings. The largest absolute Gasteiger partial charge is 0.396 e. The fourth-order valence-corrected chi connectivity index (χ4v) is 1.14. The van der Waals surface area contributed by atoms with Gasteiger partial charge in [-0.2, -0.15) is 0 Å². The van der Waals surface area contributed by atoms with E-state index in [9.17, 15) is 0 Å². The summed E-state index contributed by atoms with van der Waals surface area (Å²) >= 11 is 0. The van der Waals surface area contributed by atoms with Gasteiger partial charge in [0, 0.05) is 25.7 Å². The lowest BCUT2D eigenvalue weighted by Gasteiger charge is -2.09. The highest BCUT2D eigenvalue weighted by Crippen LogP contribution is 2.09. The highest BCUT2D eigenvalue weighted by atomic mass is 16.3. The first-order valence-electron chi connectivity index (χ1n) is 4.67. The molecule has 0 saturated heterocycles. The standard InChI is InChI=1S/C9H20O3/c10-6-4-2-1-3-5-9(7-11)8-12/h9-12H,1-8H2. The number of unbranched alkanes of at least 4 members (excludes halogenated alkanes) is 3. The summed E-state index contributed by atoms with van der Waals surface area (Å²) in [6, 6.07) is 0. The zero-order chi connectivity index (χ0) is 9.23. The molecule has 74 valence electrons. The highest BCUT2D eigenvalue weighted by molar-refractivity contribution is 4.55. The van der Waals surface area contributed by atoms with Crippen molar-refractivity contribution < 1.29 is 15.3 Å². The summed E-state index contributed by atoms with van der Waals surface area (Å²) in [6.45, 7) is 0.427. The molecule has 0 saturated carbocycles. The topological polar surface area (TPSA) is 60.7 Å². The fourth-order valence-electron chi connectivity index (χ4n) is 1.14. The molecule has 0 heterocycles. The van der Waals surface area contributed by atoms with E-state index in [1.54, 1.807) is 0 Å². The summed E-state index contributed by atoms with van der Waals surface area (Å²) < 4.78 is 0. The third-order valence-corrected chi connectivity index (χ3v) is 2.04. The van der Waals surface area contributed by atoms with Crippen LogP contribution < -0.4 is 0 Å². The number of aliphatic hydroxyl groups is 3. The molecule has 0 aromatic heterocycles. The van der Waals surface area contributed by atoms with E-state index in [0.29, 0.717) is 0 Å². The molecule has 0 aliphatic rings. The Hall–Kier alpha value is -0.120. The van der Waals surface area contributed by atoms with Gasteiger partial charge in [-0.05, 0) is 12.8 Å². The maximum Gasteiger partial charge on any atom is 0.0481 e. The molecule has 3 N–H and O–H groups in total. The normalized spacial score (nSPS) is 11.0. The lowest BCUT2D eigenvalue weighted by Crippen LogP contribution is -2.10. The zero-order valence-electron chi connectivity index (χ0n) is 7.58. The van der Waals surface area contributed by atoms with Gasteiger partial charge < -0.3 is 15.3 Å². The first-order valence-corrected chi connectivity index (χ1v) is 4.67. The molecule has 0 atom stereocenters. The SMILES string of the molecule is OCCCCCCC(CO)CO. The Kier molecular flexibility index (Phi) is 8.88. The van der Waals surface area contributed by atoms with Crippen molar-refractivity contribution in [3.05, 3.63) is 0 Å². The zero-order valence-corrected chi connectivity index (χ0v) is 7.58. The minimum atomic E-state index is 0.0547. The van der Waals surface area contributed by atoms with Crippen LogP contribution in [0.5, 0.6) is 0 Å².